The minimum absolute atomic E-state index is 0.152. The van der Waals surface area contributed by atoms with E-state index in [9.17, 15) is 9.59 Å². The van der Waals surface area contributed by atoms with E-state index in [0.29, 0.717) is 22.2 Å². The van der Waals surface area contributed by atoms with Crippen LogP contribution in [-0.4, -0.2) is 18.5 Å². The van der Waals surface area contributed by atoms with Gasteiger partial charge in [0.15, 0.2) is 0 Å². The first kappa shape index (κ1) is 16.5. The van der Waals surface area contributed by atoms with Crippen molar-refractivity contribution in [1.29, 1.82) is 0 Å². The number of hydrogen-bond donors (Lipinski definition) is 1. The summed E-state index contributed by atoms with van der Waals surface area (Å²) in [4.78, 5) is 25.0. The Balaban J connectivity index is 2.12. The molecule has 2 rings (SSSR count). The molecule has 1 aromatic heterocycles. The maximum atomic E-state index is 12.2. The first-order valence-electron chi connectivity index (χ1n) is 6.82. The van der Waals surface area contributed by atoms with Gasteiger partial charge in [0.2, 0.25) is 5.91 Å². The lowest BCUT2D eigenvalue weighted by atomic mass is 10.1. The lowest BCUT2D eigenvalue weighted by molar-refractivity contribution is -0.115. The van der Waals surface area contributed by atoms with Crippen molar-refractivity contribution in [2.45, 2.75) is 20.3 Å². The average Bonchev–Trinajstić information content (AvgIpc) is 2.82. The summed E-state index contributed by atoms with van der Waals surface area (Å²) in [6.07, 6.45) is 0.152. The molecular weight excluding hydrogens is 322 g/mol. The van der Waals surface area contributed by atoms with E-state index in [4.69, 9.17) is 16.3 Å². The Morgan fingerprint density at radius 2 is 2.05 bits per heavy atom. The SMILES string of the molecule is CCOC(=O)c1cc(C)sc1NC(=O)Cc1ccccc1Cl. The van der Waals surface area contributed by atoms with Crippen LogP contribution >= 0.6 is 22.9 Å². The topological polar surface area (TPSA) is 55.4 Å². The van der Waals surface area contributed by atoms with Crippen LogP contribution in [0.25, 0.3) is 0 Å². The number of esters is 1. The summed E-state index contributed by atoms with van der Waals surface area (Å²) in [6.45, 7) is 3.91. The van der Waals surface area contributed by atoms with Gasteiger partial charge < -0.3 is 10.1 Å². The van der Waals surface area contributed by atoms with Gasteiger partial charge in [0, 0.05) is 9.90 Å². The molecule has 116 valence electrons. The predicted octanol–water partition coefficient (Wildman–Crippen LogP) is 4.07. The summed E-state index contributed by atoms with van der Waals surface area (Å²) in [5, 5.41) is 3.82. The number of thiophene rings is 1. The Morgan fingerprint density at radius 3 is 2.73 bits per heavy atom. The summed E-state index contributed by atoms with van der Waals surface area (Å²) in [6, 6.07) is 8.89. The molecule has 0 saturated carbocycles. The Morgan fingerprint density at radius 1 is 1.32 bits per heavy atom. The number of halogens is 1. The smallest absolute Gasteiger partial charge is 0.341 e. The molecule has 0 bridgehead atoms. The molecule has 0 aliphatic carbocycles. The number of amides is 1. The van der Waals surface area contributed by atoms with E-state index in [1.165, 1.54) is 11.3 Å². The molecular formula is C16H16ClNO3S. The van der Waals surface area contributed by atoms with Crippen molar-refractivity contribution in [3.05, 3.63) is 51.4 Å². The fourth-order valence-corrected chi connectivity index (χ4v) is 3.07. The second-order valence-electron chi connectivity index (χ2n) is 4.64. The molecule has 0 aliphatic heterocycles. The highest BCUT2D eigenvalue weighted by molar-refractivity contribution is 7.16. The Labute approximate surface area is 138 Å². The third-order valence-corrected chi connectivity index (χ3v) is 4.25. The van der Waals surface area contributed by atoms with Crippen molar-refractivity contribution in [2.24, 2.45) is 0 Å². The van der Waals surface area contributed by atoms with Gasteiger partial charge in [-0.1, -0.05) is 29.8 Å². The van der Waals surface area contributed by atoms with E-state index in [2.05, 4.69) is 5.32 Å². The summed E-state index contributed by atoms with van der Waals surface area (Å²) < 4.78 is 5.00. The van der Waals surface area contributed by atoms with Gasteiger partial charge in [0.1, 0.15) is 5.00 Å². The monoisotopic (exact) mass is 337 g/mol. The van der Waals surface area contributed by atoms with Crippen LogP contribution in [0.1, 0.15) is 27.7 Å². The maximum absolute atomic E-state index is 12.2. The highest BCUT2D eigenvalue weighted by Gasteiger charge is 2.18. The van der Waals surface area contributed by atoms with Crippen molar-refractivity contribution < 1.29 is 14.3 Å². The molecule has 0 radical (unpaired) electrons. The van der Waals surface area contributed by atoms with Crippen LogP contribution in [0.3, 0.4) is 0 Å². The molecule has 0 atom stereocenters. The van der Waals surface area contributed by atoms with Crippen molar-refractivity contribution in [3.63, 3.8) is 0 Å². The average molecular weight is 338 g/mol. The third-order valence-electron chi connectivity index (χ3n) is 2.91. The minimum Gasteiger partial charge on any atom is -0.462 e. The van der Waals surface area contributed by atoms with Gasteiger partial charge in [0.05, 0.1) is 18.6 Å². The zero-order valence-electron chi connectivity index (χ0n) is 12.3. The van der Waals surface area contributed by atoms with Crippen LogP contribution in [0.5, 0.6) is 0 Å². The van der Waals surface area contributed by atoms with Crippen molar-refractivity contribution in [2.75, 3.05) is 11.9 Å². The minimum atomic E-state index is -0.431. The number of nitrogens with one attached hydrogen (secondary N) is 1. The van der Waals surface area contributed by atoms with Crippen LogP contribution in [0.4, 0.5) is 5.00 Å². The van der Waals surface area contributed by atoms with Gasteiger partial charge in [-0.05, 0) is 31.5 Å². The lowest BCUT2D eigenvalue weighted by Gasteiger charge is -2.07. The molecule has 0 aliphatic rings. The number of rotatable bonds is 5. The second kappa shape index (κ2) is 7.42. The van der Waals surface area contributed by atoms with Gasteiger partial charge in [-0.2, -0.15) is 0 Å². The first-order valence-corrected chi connectivity index (χ1v) is 8.01. The molecule has 6 heteroatoms. The Kier molecular flexibility index (Phi) is 5.57. The number of hydrogen-bond acceptors (Lipinski definition) is 4. The van der Waals surface area contributed by atoms with Gasteiger partial charge in [0.25, 0.3) is 0 Å². The Hall–Kier alpha value is -1.85. The van der Waals surface area contributed by atoms with Crippen LogP contribution in [0, 0.1) is 6.92 Å². The molecule has 1 N–H and O–H groups in total. The fourth-order valence-electron chi connectivity index (χ4n) is 1.95. The first-order chi connectivity index (χ1) is 10.5. The molecule has 1 amide bonds. The number of carbonyl (C=O) groups excluding carboxylic acids is 2. The quantitative estimate of drug-likeness (QED) is 0.837. The molecule has 4 nitrogen and oxygen atoms in total. The van der Waals surface area contributed by atoms with E-state index in [-0.39, 0.29) is 12.3 Å². The molecule has 1 heterocycles. The summed E-state index contributed by atoms with van der Waals surface area (Å²) in [5.74, 6) is -0.652. The fraction of sp³-hybridized carbons (Fsp3) is 0.250. The maximum Gasteiger partial charge on any atom is 0.341 e. The van der Waals surface area contributed by atoms with Crippen LogP contribution in [0.2, 0.25) is 5.02 Å². The standard InChI is InChI=1S/C16H16ClNO3S/c1-3-21-16(20)12-8-10(2)22-15(12)18-14(19)9-11-6-4-5-7-13(11)17/h4-8H,3,9H2,1-2H3,(H,18,19). The van der Waals surface area contributed by atoms with Crippen LogP contribution in [-0.2, 0) is 16.0 Å². The van der Waals surface area contributed by atoms with E-state index in [0.717, 1.165) is 10.4 Å². The second-order valence-corrected chi connectivity index (χ2v) is 6.30. The highest BCUT2D eigenvalue weighted by atomic mass is 35.5. The van der Waals surface area contributed by atoms with E-state index in [1.54, 1.807) is 25.1 Å². The molecule has 22 heavy (non-hydrogen) atoms. The van der Waals surface area contributed by atoms with Crippen molar-refractivity contribution in [1.82, 2.24) is 0 Å². The molecule has 0 unspecified atom stereocenters. The summed E-state index contributed by atoms with van der Waals surface area (Å²) in [7, 11) is 0. The van der Waals surface area contributed by atoms with E-state index >= 15 is 0 Å². The number of aryl methyl sites for hydroxylation is 1. The number of carbonyl (C=O) groups is 2. The van der Waals surface area contributed by atoms with Crippen LogP contribution < -0.4 is 5.32 Å². The Bertz CT molecular complexity index is 696. The van der Waals surface area contributed by atoms with Crippen molar-refractivity contribution in [3.8, 4) is 0 Å². The number of benzene rings is 1. The highest BCUT2D eigenvalue weighted by Crippen LogP contribution is 2.28. The zero-order chi connectivity index (χ0) is 16.1. The van der Waals surface area contributed by atoms with Gasteiger partial charge >= 0.3 is 5.97 Å². The lowest BCUT2D eigenvalue weighted by Crippen LogP contribution is -2.16. The number of ether oxygens (including phenoxy) is 1. The molecule has 1 aromatic carbocycles. The molecule has 0 saturated heterocycles. The normalized spacial score (nSPS) is 10.3. The zero-order valence-corrected chi connectivity index (χ0v) is 13.9. The number of anilines is 1. The van der Waals surface area contributed by atoms with E-state index < -0.39 is 5.97 Å². The summed E-state index contributed by atoms with van der Waals surface area (Å²) >= 11 is 7.39. The molecule has 0 fully saturated rings. The van der Waals surface area contributed by atoms with Crippen molar-refractivity contribution >= 4 is 39.8 Å². The van der Waals surface area contributed by atoms with Gasteiger partial charge in [-0.15, -0.1) is 11.3 Å². The van der Waals surface area contributed by atoms with Crippen LogP contribution in [0.15, 0.2) is 30.3 Å². The van der Waals surface area contributed by atoms with E-state index in [1.807, 2.05) is 19.1 Å². The molecule has 0 spiro atoms. The third kappa shape index (κ3) is 4.08. The van der Waals surface area contributed by atoms with Gasteiger partial charge in [-0.25, -0.2) is 4.79 Å². The molecule has 2 aromatic rings. The largest absolute Gasteiger partial charge is 0.462 e. The predicted molar refractivity (Wildman–Crippen MR) is 88.8 cm³/mol. The summed E-state index contributed by atoms with van der Waals surface area (Å²) in [5.41, 5.74) is 1.13. The van der Waals surface area contributed by atoms with Gasteiger partial charge in [-0.3, -0.25) is 4.79 Å².